The van der Waals surface area contributed by atoms with Crippen molar-refractivity contribution in [2.75, 3.05) is 0 Å². The van der Waals surface area contributed by atoms with Gasteiger partial charge in [-0.05, 0) is 35.9 Å². The van der Waals surface area contributed by atoms with Crippen molar-refractivity contribution in [3.63, 3.8) is 0 Å². The van der Waals surface area contributed by atoms with E-state index in [1.807, 2.05) is 0 Å². The summed E-state index contributed by atoms with van der Waals surface area (Å²) in [4.78, 5) is 15.4. The summed E-state index contributed by atoms with van der Waals surface area (Å²) in [7, 11) is 0. The van der Waals surface area contributed by atoms with Gasteiger partial charge in [0, 0.05) is 5.57 Å². The zero-order valence-electron chi connectivity index (χ0n) is 12.2. The van der Waals surface area contributed by atoms with Crippen LogP contribution in [0.2, 0.25) is 5.02 Å². The minimum atomic E-state index is -1.06. The Morgan fingerprint density at radius 1 is 1.25 bits per heavy atom. The van der Waals surface area contributed by atoms with Gasteiger partial charge >= 0.3 is 5.97 Å². The molecular formula is C17H12ClNO5. The van der Waals surface area contributed by atoms with Crippen molar-refractivity contribution >= 4 is 40.3 Å². The summed E-state index contributed by atoms with van der Waals surface area (Å²) in [6.07, 6.45) is 1.16. The van der Waals surface area contributed by atoms with E-state index in [0.717, 1.165) is 0 Å². The molecule has 0 aliphatic rings. The van der Waals surface area contributed by atoms with Crippen molar-refractivity contribution in [2.45, 2.75) is 6.42 Å². The molecule has 1 aromatic heterocycles. The highest BCUT2D eigenvalue weighted by atomic mass is 35.5. The lowest BCUT2D eigenvalue weighted by atomic mass is 10.1. The molecule has 0 spiro atoms. The van der Waals surface area contributed by atoms with E-state index in [1.165, 1.54) is 18.2 Å². The first-order valence-electron chi connectivity index (χ1n) is 6.94. The highest BCUT2D eigenvalue weighted by Gasteiger charge is 2.15. The Morgan fingerprint density at radius 3 is 2.67 bits per heavy atom. The number of carbonyl (C=O) groups is 1. The summed E-state index contributed by atoms with van der Waals surface area (Å²) in [5, 5.41) is 28.2. The van der Waals surface area contributed by atoms with Crippen molar-refractivity contribution < 1.29 is 24.5 Å². The monoisotopic (exact) mass is 345 g/mol. The number of aromatic nitrogens is 1. The maximum Gasteiger partial charge on any atom is 0.308 e. The zero-order chi connectivity index (χ0) is 17.3. The van der Waals surface area contributed by atoms with Gasteiger partial charge in [0.25, 0.3) is 0 Å². The first-order valence-corrected chi connectivity index (χ1v) is 7.31. The van der Waals surface area contributed by atoms with E-state index < -0.39 is 17.5 Å². The molecule has 1 heterocycles. The quantitative estimate of drug-likeness (QED) is 0.619. The molecular weight excluding hydrogens is 334 g/mol. The normalized spacial score (nSPS) is 11.8. The van der Waals surface area contributed by atoms with Crippen LogP contribution in [0.25, 0.3) is 22.7 Å². The number of para-hydroxylation sites is 2. The lowest BCUT2D eigenvalue weighted by Gasteiger charge is -2.04. The van der Waals surface area contributed by atoms with Gasteiger partial charge in [0.1, 0.15) is 5.52 Å². The fraction of sp³-hybridized carbons (Fsp3) is 0.0588. The Labute approximate surface area is 141 Å². The summed E-state index contributed by atoms with van der Waals surface area (Å²) in [5.74, 6) is -1.73. The molecule has 3 rings (SSSR count). The number of hydrogen-bond donors (Lipinski definition) is 3. The molecule has 0 bridgehead atoms. The molecule has 3 N–H and O–H groups in total. The van der Waals surface area contributed by atoms with Crippen LogP contribution >= 0.6 is 11.6 Å². The number of hydrogen-bond acceptors (Lipinski definition) is 5. The smallest absolute Gasteiger partial charge is 0.308 e. The highest BCUT2D eigenvalue weighted by Crippen LogP contribution is 2.35. The molecule has 0 aliphatic heterocycles. The lowest BCUT2D eigenvalue weighted by molar-refractivity contribution is -0.135. The van der Waals surface area contributed by atoms with E-state index in [-0.39, 0.29) is 17.3 Å². The van der Waals surface area contributed by atoms with Gasteiger partial charge < -0.3 is 19.7 Å². The first kappa shape index (κ1) is 15.9. The minimum Gasteiger partial charge on any atom is -0.504 e. The third-order valence-corrected chi connectivity index (χ3v) is 3.60. The Morgan fingerprint density at radius 2 is 2.00 bits per heavy atom. The van der Waals surface area contributed by atoms with Gasteiger partial charge in [0.2, 0.25) is 5.89 Å². The summed E-state index contributed by atoms with van der Waals surface area (Å²) in [6.45, 7) is 0. The molecule has 122 valence electrons. The van der Waals surface area contributed by atoms with E-state index in [2.05, 4.69) is 4.98 Å². The van der Waals surface area contributed by atoms with E-state index >= 15 is 0 Å². The van der Waals surface area contributed by atoms with Crippen LogP contribution in [0.15, 0.2) is 40.8 Å². The number of phenols is 2. The van der Waals surface area contributed by atoms with E-state index in [0.29, 0.717) is 22.2 Å². The average molecular weight is 346 g/mol. The molecule has 24 heavy (non-hydrogen) atoms. The Balaban J connectivity index is 2.10. The van der Waals surface area contributed by atoms with Crippen LogP contribution in [-0.2, 0) is 4.79 Å². The van der Waals surface area contributed by atoms with Crippen molar-refractivity contribution in [2.24, 2.45) is 0 Å². The van der Waals surface area contributed by atoms with Crippen molar-refractivity contribution in [1.29, 1.82) is 0 Å². The van der Waals surface area contributed by atoms with Gasteiger partial charge in [-0.3, -0.25) is 4.79 Å². The second kappa shape index (κ2) is 6.25. The molecule has 6 nitrogen and oxygen atoms in total. The summed E-state index contributed by atoms with van der Waals surface area (Å²) in [6, 6.07) is 9.74. The largest absolute Gasteiger partial charge is 0.504 e. The second-order valence-electron chi connectivity index (χ2n) is 5.10. The highest BCUT2D eigenvalue weighted by molar-refractivity contribution is 6.32. The number of phenolic OH excluding ortho intramolecular Hbond substituents is 2. The predicted octanol–water partition coefficient (Wildman–Crippen LogP) is 3.91. The van der Waals surface area contributed by atoms with Gasteiger partial charge in [0.05, 0.1) is 11.4 Å². The third kappa shape index (κ3) is 3.18. The van der Waals surface area contributed by atoms with Crippen molar-refractivity contribution in [3.05, 3.63) is 52.9 Å². The Kier molecular flexibility index (Phi) is 4.14. The number of rotatable bonds is 4. The van der Waals surface area contributed by atoms with Gasteiger partial charge in [-0.15, -0.1) is 0 Å². The fourth-order valence-electron chi connectivity index (χ4n) is 2.25. The van der Waals surface area contributed by atoms with Gasteiger partial charge in [-0.1, -0.05) is 23.7 Å². The van der Waals surface area contributed by atoms with Gasteiger partial charge in [-0.25, -0.2) is 4.98 Å². The molecule has 0 saturated heterocycles. The molecule has 0 fully saturated rings. The summed E-state index contributed by atoms with van der Waals surface area (Å²) in [5.41, 5.74) is 1.86. The van der Waals surface area contributed by atoms with E-state index in [1.54, 1.807) is 24.3 Å². The SMILES string of the molecule is O=C(O)C/C(=C\c1cc(O)c(O)c(Cl)c1)c1nc2ccccc2o1. The molecule has 0 aliphatic carbocycles. The van der Waals surface area contributed by atoms with Crippen LogP contribution in [0.3, 0.4) is 0 Å². The summed E-state index contributed by atoms with van der Waals surface area (Å²) < 4.78 is 5.60. The predicted molar refractivity (Wildman–Crippen MR) is 88.9 cm³/mol. The molecule has 0 atom stereocenters. The standard InChI is InChI=1S/C17H12ClNO5/c18-11-6-9(7-13(20)16(11)23)5-10(8-15(21)22)17-19-12-3-1-2-4-14(12)24-17/h1-7,20,23H,8H2,(H,21,22)/b10-5+. The van der Waals surface area contributed by atoms with E-state index in [4.69, 9.17) is 21.1 Å². The fourth-order valence-corrected chi connectivity index (χ4v) is 2.47. The van der Waals surface area contributed by atoms with E-state index in [9.17, 15) is 15.0 Å². The Hall–Kier alpha value is -2.99. The zero-order valence-corrected chi connectivity index (χ0v) is 13.0. The van der Waals surface area contributed by atoms with Crippen molar-refractivity contribution in [3.8, 4) is 11.5 Å². The molecule has 0 amide bonds. The summed E-state index contributed by atoms with van der Waals surface area (Å²) >= 11 is 5.82. The topological polar surface area (TPSA) is 104 Å². The number of carboxylic acids is 1. The Bertz CT molecular complexity index is 905. The number of oxazole rings is 1. The molecule has 2 aromatic carbocycles. The average Bonchev–Trinajstić information content (AvgIpc) is 2.95. The molecule has 0 radical (unpaired) electrons. The van der Waals surface area contributed by atoms with Crippen LogP contribution in [0, 0.1) is 0 Å². The maximum atomic E-state index is 11.2. The van der Waals surface area contributed by atoms with Crippen molar-refractivity contribution in [1.82, 2.24) is 4.98 Å². The van der Waals surface area contributed by atoms with Crippen LogP contribution in [-0.4, -0.2) is 26.3 Å². The van der Waals surface area contributed by atoms with Gasteiger partial charge in [-0.2, -0.15) is 0 Å². The van der Waals surface area contributed by atoms with Crippen LogP contribution in [0.4, 0.5) is 0 Å². The lowest BCUT2D eigenvalue weighted by Crippen LogP contribution is -1.97. The van der Waals surface area contributed by atoms with Crippen LogP contribution < -0.4 is 0 Å². The van der Waals surface area contributed by atoms with Crippen LogP contribution in [0.1, 0.15) is 17.9 Å². The number of benzene rings is 2. The number of fused-ring (bicyclic) bond motifs is 1. The first-order chi connectivity index (χ1) is 11.4. The molecule has 0 saturated carbocycles. The number of carboxylic acid groups (broad SMARTS) is 1. The molecule has 7 heteroatoms. The van der Waals surface area contributed by atoms with Gasteiger partial charge in [0.15, 0.2) is 17.1 Å². The number of aromatic hydroxyl groups is 2. The molecule has 3 aromatic rings. The number of halogens is 1. The molecule has 0 unspecified atom stereocenters. The second-order valence-corrected chi connectivity index (χ2v) is 5.50. The minimum absolute atomic E-state index is 0.0477. The number of nitrogens with zero attached hydrogens (tertiary/aromatic N) is 1. The maximum absolute atomic E-state index is 11.2. The third-order valence-electron chi connectivity index (χ3n) is 3.32. The van der Waals surface area contributed by atoms with Crippen LogP contribution in [0.5, 0.6) is 11.5 Å². The number of aliphatic carboxylic acids is 1.